The third-order valence-electron chi connectivity index (χ3n) is 11.5. The Hall–Kier alpha value is -5.88. The molecule has 3 aromatic carbocycles. The Morgan fingerprint density at radius 1 is 0.638 bits per heavy atom. The van der Waals surface area contributed by atoms with Crippen molar-refractivity contribution in [1.82, 2.24) is 0 Å². The number of hydrogen-bond acceptors (Lipinski definition) is 24. The molecule has 3 aliphatic heterocycles. The molecule has 1 aromatic heterocycles. The fraction of sp³-hybridized carbons (Fsp3) is 0.455. The summed E-state index contributed by atoms with van der Waals surface area (Å²) in [4.78, 5) is 13.0. The maximum atomic E-state index is 13.0. The Morgan fingerprint density at radius 2 is 1.28 bits per heavy atom. The highest BCUT2D eigenvalue weighted by Gasteiger charge is 2.53. The Bertz CT molecular complexity index is 2440. The van der Waals surface area contributed by atoms with Crippen molar-refractivity contribution in [3.63, 3.8) is 0 Å². The van der Waals surface area contributed by atoms with Crippen molar-refractivity contribution in [2.75, 3.05) is 34.0 Å². The molecule has 0 spiro atoms. The van der Waals surface area contributed by atoms with Gasteiger partial charge in [-0.1, -0.05) is 0 Å². The van der Waals surface area contributed by atoms with Gasteiger partial charge in [-0.2, -0.15) is 0 Å². The second-order valence-electron chi connectivity index (χ2n) is 16.0. The molecule has 3 fully saturated rings. The van der Waals surface area contributed by atoms with Crippen LogP contribution in [0.3, 0.4) is 0 Å². The third kappa shape index (κ3) is 10.7. The first-order valence-electron chi connectivity index (χ1n) is 20.9. The zero-order chi connectivity index (χ0) is 50.0. The number of esters is 1. The van der Waals surface area contributed by atoms with Gasteiger partial charge in [0.1, 0.15) is 96.7 Å². The molecule has 0 unspecified atom stereocenters. The summed E-state index contributed by atoms with van der Waals surface area (Å²) in [6, 6.07) is 9.51. The van der Waals surface area contributed by atoms with E-state index < -0.39 is 141 Å². The molecule has 25 heteroatoms. The van der Waals surface area contributed by atoms with Crippen molar-refractivity contribution in [3.05, 3.63) is 60.2 Å². The van der Waals surface area contributed by atoms with E-state index in [1.165, 1.54) is 44.6 Å². The van der Waals surface area contributed by atoms with Crippen LogP contribution in [0.4, 0.5) is 0 Å². The number of rotatable bonds is 15. The van der Waals surface area contributed by atoms with E-state index in [4.69, 9.17) is 47.0 Å². The van der Waals surface area contributed by atoms with E-state index in [-0.39, 0.29) is 45.3 Å². The number of ether oxygens (including phenoxy) is 9. The zero-order valence-electron chi connectivity index (χ0n) is 36.3. The molecule has 3 saturated heterocycles. The predicted molar refractivity (Wildman–Crippen MR) is 227 cm³/mol. The quantitative estimate of drug-likeness (QED) is 0.0257. The monoisotopic (exact) mass is 979 g/mol. The highest BCUT2D eigenvalue weighted by molar-refractivity contribution is 5.89. The SMILES string of the molecule is COc1cc(C=CC(=O)OC[C@H]2O[C@@H](Oc3cc4c(O[C@@H]5O[C@H](CO)[C@@H](O)[C@H](O)[C@H]5O)cc(O)cc4[o+]c3-c3ccc(O)c(O)c3)[C@H](O[C@@H]3[C@H](O)[C@@H](O)[C@H](O)O[C@@H]3CO)[C@@H](O)[C@@H]2O)cc(OC)c1O. The first kappa shape index (κ1) is 51.0. The summed E-state index contributed by atoms with van der Waals surface area (Å²) in [5, 5.41) is 148. The van der Waals surface area contributed by atoms with Crippen LogP contribution in [0.5, 0.6) is 46.0 Å². The highest BCUT2D eigenvalue weighted by Crippen LogP contribution is 2.44. The topological polar surface area (TPSA) is 395 Å². The molecule has 4 aromatic rings. The minimum Gasteiger partial charge on any atom is -0.507 e. The van der Waals surface area contributed by atoms with Gasteiger partial charge < -0.3 is 114 Å². The molecular formula is C44H51O25+. The van der Waals surface area contributed by atoms with E-state index in [1.807, 2.05) is 0 Å². The van der Waals surface area contributed by atoms with Gasteiger partial charge in [-0.3, -0.25) is 0 Å². The Kier molecular flexibility index (Phi) is 15.8. The molecule has 0 aliphatic carbocycles. The second-order valence-corrected chi connectivity index (χ2v) is 16.0. The van der Waals surface area contributed by atoms with Gasteiger partial charge in [-0.15, -0.1) is 0 Å². The van der Waals surface area contributed by atoms with E-state index in [1.54, 1.807) is 0 Å². The standard InChI is InChI=1S/C44H50O25/c1-60-24-7-16(8-25(61-2)31(24)51)3-6-30(50)62-15-29-33(53)35(55)41(69-40-28(14-46)64-42(59)37(57)36(40)56)44(68-29)66-26-12-19-22(63-39(26)17-4-5-20(48)21(49)9-17)10-18(47)11-23(19)65-43-38(58)34(54)32(52)27(13-45)67-43/h3-12,27-29,32-38,40-46,52-59H,13-15H2,1-2H3,(H3-,47,48,49,50,51)/p+1/t27-,28-,29-,32-,33-,34+,35+,36-,37-,38-,40+,41-,42-,43-,44-/m1/s1. The lowest BCUT2D eigenvalue weighted by Gasteiger charge is -2.46. The molecule has 14 N–H and O–H groups in total. The highest BCUT2D eigenvalue weighted by atomic mass is 16.7. The number of benzene rings is 3. The molecule has 376 valence electrons. The van der Waals surface area contributed by atoms with Gasteiger partial charge in [0, 0.05) is 24.3 Å². The van der Waals surface area contributed by atoms with Crippen molar-refractivity contribution < 1.29 is 123 Å². The van der Waals surface area contributed by atoms with Crippen LogP contribution < -0.4 is 18.9 Å². The lowest BCUT2D eigenvalue weighted by Crippen LogP contribution is -2.66. The van der Waals surface area contributed by atoms with E-state index in [0.717, 1.165) is 30.3 Å². The number of phenolic OH excluding ortho intramolecular Hbond substituents is 4. The van der Waals surface area contributed by atoms with Gasteiger partial charge >= 0.3 is 17.3 Å². The van der Waals surface area contributed by atoms with Gasteiger partial charge in [-0.25, -0.2) is 9.21 Å². The second kappa shape index (κ2) is 21.4. The molecule has 0 saturated carbocycles. The van der Waals surface area contributed by atoms with Crippen molar-refractivity contribution in [1.29, 1.82) is 0 Å². The normalized spacial score (nSPS) is 31.6. The van der Waals surface area contributed by atoms with E-state index >= 15 is 0 Å². The average molecular weight is 980 g/mol. The minimum absolute atomic E-state index is 0.0227. The van der Waals surface area contributed by atoms with Crippen molar-refractivity contribution in [3.8, 4) is 57.3 Å². The molecular weight excluding hydrogens is 928 g/mol. The summed E-state index contributed by atoms with van der Waals surface area (Å²) in [5.41, 5.74) is 0.116. The minimum atomic E-state index is -2.10. The Morgan fingerprint density at radius 3 is 1.93 bits per heavy atom. The molecule has 69 heavy (non-hydrogen) atoms. The molecule has 0 radical (unpaired) electrons. The molecule has 0 amide bonds. The van der Waals surface area contributed by atoms with Gasteiger partial charge in [0.25, 0.3) is 0 Å². The van der Waals surface area contributed by atoms with E-state index in [9.17, 15) is 76.3 Å². The number of aliphatic hydroxyl groups is 10. The Balaban J connectivity index is 1.27. The number of carbonyl (C=O) groups excluding carboxylic acids is 1. The molecule has 3 aliphatic rings. The van der Waals surface area contributed by atoms with Crippen LogP contribution in [0.25, 0.3) is 28.4 Å². The number of aromatic hydroxyl groups is 4. The van der Waals surface area contributed by atoms with Crippen molar-refractivity contribution in [2.24, 2.45) is 0 Å². The van der Waals surface area contributed by atoms with Crippen LogP contribution in [-0.2, 0) is 28.5 Å². The first-order valence-corrected chi connectivity index (χ1v) is 20.9. The van der Waals surface area contributed by atoms with Crippen LogP contribution in [0, 0.1) is 0 Å². The number of aliphatic hydroxyl groups excluding tert-OH is 10. The largest absolute Gasteiger partial charge is 0.507 e. The number of carbonyl (C=O) groups is 1. The maximum Gasteiger partial charge on any atom is 0.402 e. The number of fused-ring (bicyclic) bond motifs is 1. The lowest BCUT2D eigenvalue weighted by atomic mass is 9.96. The number of hydrogen-bond donors (Lipinski definition) is 14. The maximum absolute atomic E-state index is 13.0. The fourth-order valence-corrected chi connectivity index (χ4v) is 7.72. The van der Waals surface area contributed by atoms with Gasteiger partial charge in [0.2, 0.25) is 24.1 Å². The number of methoxy groups -OCH3 is 2. The van der Waals surface area contributed by atoms with Gasteiger partial charge in [0.05, 0.1) is 39.1 Å². The molecule has 4 heterocycles. The smallest absolute Gasteiger partial charge is 0.402 e. The van der Waals surface area contributed by atoms with Crippen molar-refractivity contribution in [2.45, 2.75) is 92.1 Å². The van der Waals surface area contributed by atoms with Crippen LogP contribution in [0.1, 0.15) is 5.56 Å². The fourth-order valence-electron chi connectivity index (χ4n) is 7.72. The van der Waals surface area contributed by atoms with Crippen LogP contribution in [-0.4, -0.2) is 204 Å². The van der Waals surface area contributed by atoms with Gasteiger partial charge in [0.15, 0.2) is 29.3 Å². The average Bonchev–Trinajstić information content (AvgIpc) is 3.33. The third-order valence-corrected chi connectivity index (χ3v) is 11.5. The first-order chi connectivity index (χ1) is 32.9. The summed E-state index contributed by atoms with van der Waals surface area (Å²) < 4.78 is 56.9. The molecule has 25 nitrogen and oxygen atoms in total. The van der Waals surface area contributed by atoms with Gasteiger partial charge in [-0.05, 0) is 35.9 Å². The predicted octanol–water partition coefficient (Wildman–Crippen LogP) is -2.33. The van der Waals surface area contributed by atoms with Crippen molar-refractivity contribution >= 4 is 23.0 Å². The van der Waals surface area contributed by atoms with Crippen LogP contribution in [0.2, 0.25) is 0 Å². The molecule has 0 bridgehead atoms. The van der Waals surface area contributed by atoms with E-state index in [0.29, 0.717) is 5.56 Å². The summed E-state index contributed by atoms with van der Waals surface area (Å²) in [5.74, 6) is -3.98. The summed E-state index contributed by atoms with van der Waals surface area (Å²) in [7, 11) is 2.60. The number of phenols is 4. The zero-order valence-corrected chi connectivity index (χ0v) is 36.3. The summed E-state index contributed by atoms with van der Waals surface area (Å²) in [6.45, 7) is -2.51. The molecule has 15 atom stereocenters. The van der Waals surface area contributed by atoms with Crippen LogP contribution >= 0.6 is 0 Å². The Labute approximate surface area is 389 Å². The summed E-state index contributed by atoms with van der Waals surface area (Å²) in [6.07, 6.45) is -25.5. The van der Waals surface area contributed by atoms with E-state index in [2.05, 4.69) is 0 Å². The summed E-state index contributed by atoms with van der Waals surface area (Å²) >= 11 is 0. The van der Waals surface area contributed by atoms with Crippen LogP contribution in [0.15, 0.2) is 59.0 Å². The molecule has 7 rings (SSSR count). The lowest BCUT2D eigenvalue weighted by molar-refractivity contribution is -0.339.